The van der Waals surface area contributed by atoms with Crippen LogP contribution in [-0.2, 0) is 19.1 Å². The summed E-state index contributed by atoms with van der Waals surface area (Å²) in [4.78, 5) is 39.0. The highest BCUT2D eigenvalue weighted by molar-refractivity contribution is 6.07. The molecule has 2 unspecified atom stereocenters. The molecule has 2 saturated heterocycles. The number of nitrogens with one attached hydrogen (secondary N) is 2. The summed E-state index contributed by atoms with van der Waals surface area (Å²) in [6, 6.07) is -1.05. The van der Waals surface area contributed by atoms with Gasteiger partial charge in [0.2, 0.25) is 5.91 Å². The molecule has 0 aromatic rings. The highest BCUT2D eigenvalue weighted by Crippen LogP contribution is 2.27. The van der Waals surface area contributed by atoms with Gasteiger partial charge in [0.05, 0.1) is 6.10 Å². The minimum atomic E-state index is -1.05. The van der Waals surface area contributed by atoms with Crippen LogP contribution in [0.15, 0.2) is 0 Å². The highest BCUT2D eigenvalue weighted by Gasteiger charge is 2.39. The van der Waals surface area contributed by atoms with E-state index in [2.05, 4.69) is 10.6 Å². The van der Waals surface area contributed by atoms with E-state index < -0.39 is 11.9 Å². The molecule has 3 rings (SSSR count). The van der Waals surface area contributed by atoms with Crippen LogP contribution in [0.4, 0.5) is 0 Å². The molecular formula is C18H33N3O4. The summed E-state index contributed by atoms with van der Waals surface area (Å²) < 4.78 is 5.50. The molecule has 0 radical (unpaired) electrons. The number of hydrogen-bond acceptors (Lipinski definition) is 4. The van der Waals surface area contributed by atoms with Gasteiger partial charge in [0.25, 0.3) is 11.8 Å². The van der Waals surface area contributed by atoms with E-state index >= 15 is 0 Å². The van der Waals surface area contributed by atoms with Crippen molar-refractivity contribution in [3.8, 4) is 0 Å². The lowest BCUT2D eigenvalue weighted by molar-refractivity contribution is -0.150. The third-order valence-corrected chi connectivity index (χ3v) is 5.50. The first-order valence-electron chi connectivity index (χ1n) is 9.61. The molecule has 0 aromatic heterocycles. The standard InChI is InChI=1S/C18H29N3O4.2H2/c22-15(11-13-5-2-1-3-6-13)21-9-8-19-17(23)16(21)18(24)20-12-14-7-4-10-25-14;;/h13-14,16H,1-12H2,(H,19,23)(H,20,24);2*1H. The van der Waals surface area contributed by atoms with Gasteiger partial charge in [0.15, 0.2) is 6.04 Å². The Morgan fingerprint density at radius 2 is 2.00 bits per heavy atom. The van der Waals surface area contributed by atoms with Gasteiger partial charge >= 0.3 is 0 Å². The molecule has 2 atom stereocenters. The fraction of sp³-hybridized carbons (Fsp3) is 0.833. The summed E-state index contributed by atoms with van der Waals surface area (Å²) in [5, 5.41) is 5.50. The van der Waals surface area contributed by atoms with E-state index in [1.165, 1.54) is 24.2 Å². The van der Waals surface area contributed by atoms with Gasteiger partial charge in [-0.2, -0.15) is 0 Å². The molecule has 0 spiro atoms. The zero-order valence-corrected chi connectivity index (χ0v) is 14.8. The van der Waals surface area contributed by atoms with Crippen LogP contribution in [0.5, 0.6) is 0 Å². The number of carbonyl (C=O) groups excluding carboxylic acids is 3. The van der Waals surface area contributed by atoms with E-state index in [4.69, 9.17) is 4.74 Å². The van der Waals surface area contributed by atoms with Crippen LogP contribution in [0, 0.1) is 5.92 Å². The van der Waals surface area contributed by atoms with Crippen molar-refractivity contribution >= 4 is 17.7 Å². The van der Waals surface area contributed by atoms with Gasteiger partial charge < -0.3 is 20.3 Å². The Morgan fingerprint density at radius 3 is 2.72 bits per heavy atom. The highest BCUT2D eigenvalue weighted by atomic mass is 16.5. The molecule has 0 bridgehead atoms. The van der Waals surface area contributed by atoms with Crippen LogP contribution in [0.2, 0.25) is 0 Å². The molecule has 0 aromatic carbocycles. The van der Waals surface area contributed by atoms with Crippen LogP contribution in [-0.4, -0.2) is 61.0 Å². The SMILES string of the molecule is O=C1NCCN(C(=O)CC2CCCCC2)C1C(=O)NCC1CCCO1.[HH].[HH]. The summed E-state index contributed by atoms with van der Waals surface area (Å²) >= 11 is 0. The van der Waals surface area contributed by atoms with Gasteiger partial charge in [-0.25, -0.2) is 0 Å². The van der Waals surface area contributed by atoms with E-state index in [9.17, 15) is 14.4 Å². The third-order valence-electron chi connectivity index (χ3n) is 5.50. The number of ether oxygens (including phenoxy) is 1. The Labute approximate surface area is 151 Å². The van der Waals surface area contributed by atoms with Crippen LogP contribution >= 0.6 is 0 Å². The largest absolute Gasteiger partial charge is 0.376 e. The molecule has 2 heterocycles. The Balaban J connectivity index is 0.00000182. The monoisotopic (exact) mass is 355 g/mol. The molecular weight excluding hydrogens is 322 g/mol. The minimum Gasteiger partial charge on any atom is -0.376 e. The number of rotatable bonds is 5. The Morgan fingerprint density at radius 1 is 1.20 bits per heavy atom. The lowest BCUT2D eigenvalue weighted by atomic mass is 9.86. The van der Waals surface area contributed by atoms with Gasteiger partial charge in [-0.3, -0.25) is 14.4 Å². The van der Waals surface area contributed by atoms with Crippen molar-refractivity contribution in [1.82, 2.24) is 15.5 Å². The Bertz CT molecular complexity index is 509. The third kappa shape index (κ3) is 4.71. The molecule has 3 aliphatic rings. The average Bonchev–Trinajstić information content (AvgIpc) is 3.14. The summed E-state index contributed by atoms with van der Waals surface area (Å²) in [6.45, 7) is 1.92. The number of carbonyl (C=O) groups is 3. The molecule has 2 aliphatic heterocycles. The Kier molecular flexibility index (Phi) is 6.29. The second-order valence-corrected chi connectivity index (χ2v) is 7.37. The van der Waals surface area contributed by atoms with Crippen molar-refractivity contribution in [3.63, 3.8) is 0 Å². The van der Waals surface area contributed by atoms with Crippen molar-refractivity contribution < 1.29 is 22.0 Å². The molecule has 25 heavy (non-hydrogen) atoms. The molecule has 144 valence electrons. The van der Waals surface area contributed by atoms with Crippen LogP contribution in [0.3, 0.4) is 0 Å². The van der Waals surface area contributed by atoms with Crippen molar-refractivity contribution in [1.29, 1.82) is 0 Å². The van der Waals surface area contributed by atoms with Crippen LogP contribution in [0.1, 0.15) is 54.2 Å². The lowest BCUT2D eigenvalue weighted by Crippen LogP contribution is -2.63. The molecule has 1 saturated carbocycles. The number of nitrogens with zero attached hydrogens (tertiary/aromatic N) is 1. The van der Waals surface area contributed by atoms with Crippen LogP contribution < -0.4 is 10.6 Å². The van der Waals surface area contributed by atoms with E-state index in [0.717, 1.165) is 32.3 Å². The summed E-state index contributed by atoms with van der Waals surface area (Å²) in [5.74, 6) is -0.460. The van der Waals surface area contributed by atoms with Gasteiger partial charge in [-0.1, -0.05) is 19.3 Å². The summed E-state index contributed by atoms with van der Waals surface area (Å²) in [6.07, 6.45) is 8.10. The zero-order valence-electron chi connectivity index (χ0n) is 14.8. The first-order valence-corrected chi connectivity index (χ1v) is 9.61. The molecule has 3 fully saturated rings. The van der Waals surface area contributed by atoms with Gasteiger partial charge in [-0.15, -0.1) is 0 Å². The van der Waals surface area contributed by atoms with E-state index in [1.54, 1.807) is 0 Å². The zero-order chi connectivity index (χ0) is 17.6. The quantitative estimate of drug-likeness (QED) is 0.722. The van der Waals surface area contributed by atoms with Gasteiger partial charge in [-0.05, 0) is 31.6 Å². The fourth-order valence-electron chi connectivity index (χ4n) is 4.07. The van der Waals surface area contributed by atoms with Crippen molar-refractivity contribution in [3.05, 3.63) is 0 Å². The number of hydrogen-bond donors (Lipinski definition) is 2. The average molecular weight is 355 g/mol. The van der Waals surface area contributed by atoms with Gasteiger partial charge in [0, 0.05) is 35.5 Å². The van der Waals surface area contributed by atoms with E-state index in [0.29, 0.717) is 32.0 Å². The summed E-state index contributed by atoms with van der Waals surface area (Å²) in [5.41, 5.74) is 0. The molecule has 3 amide bonds. The van der Waals surface area contributed by atoms with Crippen molar-refractivity contribution in [2.75, 3.05) is 26.2 Å². The normalized spacial score (nSPS) is 27.8. The molecule has 1 aliphatic carbocycles. The maximum atomic E-state index is 12.7. The molecule has 7 nitrogen and oxygen atoms in total. The maximum Gasteiger partial charge on any atom is 0.252 e. The molecule has 2 N–H and O–H groups in total. The predicted molar refractivity (Wildman–Crippen MR) is 95.9 cm³/mol. The first kappa shape index (κ1) is 18.2. The maximum absolute atomic E-state index is 12.7. The smallest absolute Gasteiger partial charge is 0.252 e. The second-order valence-electron chi connectivity index (χ2n) is 7.37. The summed E-state index contributed by atoms with van der Waals surface area (Å²) in [7, 11) is 0. The van der Waals surface area contributed by atoms with Crippen molar-refractivity contribution in [2.24, 2.45) is 5.92 Å². The lowest BCUT2D eigenvalue weighted by Gasteiger charge is -2.35. The van der Waals surface area contributed by atoms with Crippen LogP contribution in [0.25, 0.3) is 0 Å². The minimum absolute atomic E-state index is 0. The van der Waals surface area contributed by atoms with E-state index in [-0.39, 0.29) is 20.8 Å². The number of piperazine rings is 1. The first-order chi connectivity index (χ1) is 12.1. The molecule has 7 heteroatoms. The fourth-order valence-corrected chi connectivity index (χ4v) is 4.07. The Hall–Kier alpha value is -1.63. The number of amides is 3. The second kappa shape index (κ2) is 8.65. The topological polar surface area (TPSA) is 87.7 Å². The predicted octanol–water partition coefficient (Wildman–Crippen LogP) is 1.07. The van der Waals surface area contributed by atoms with Crippen molar-refractivity contribution in [2.45, 2.75) is 63.5 Å². The van der Waals surface area contributed by atoms with E-state index in [1.807, 2.05) is 0 Å². The van der Waals surface area contributed by atoms with Gasteiger partial charge in [0.1, 0.15) is 0 Å².